The van der Waals surface area contributed by atoms with Gasteiger partial charge in [-0.2, -0.15) is 4.98 Å². The highest BCUT2D eigenvalue weighted by atomic mass is 32.2. The number of carbonyl (C=O) groups is 1. The van der Waals surface area contributed by atoms with Crippen LogP contribution in [0.5, 0.6) is 5.88 Å². The summed E-state index contributed by atoms with van der Waals surface area (Å²) in [4.78, 5) is 40.6. The third-order valence-corrected chi connectivity index (χ3v) is 7.20. The van der Waals surface area contributed by atoms with Crippen LogP contribution in [0.1, 0.15) is 12.1 Å². The average Bonchev–Trinajstić information content (AvgIpc) is 3.30. The SMILES string of the molecule is COc1ccc2ncc(=O)n(CCN3CC[C@@H](CNCc4ccc5c(n4)NC(=O)CS5)C3)c2n1. The standard InChI is InChI=1S/C23H27N7O3S/c1-33-20-5-3-17-23(28-20)30(21(32)12-25-17)9-8-29-7-6-15(13-29)10-24-11-16-2-4-18-22(26-16)27-19(31)14-34-18/h2-5,12,15,24H,6-11,13-14H2,1H3,(H,26,27,31)/t15-/m0/s1. The van der Waals surface area contributed by atoms with Gasteiger partial charge in [0.15, 0.2) is 5.65 Å². The Morgan fingerprint density at radius 2 is 2.12 bits per heavy atom. The zero-order valence-corrected chi connectivity index (χ0v) is 19.8. The second-order valence-corrected chi connectivity index (χ2v) is 9.53. The summed E-state index contributed by atoms with van der Waals surface area (Å²) in [6.07, 6.45) is 2.46. The van der Waals surface area contributed by atoms with Crippen molar-refractivity contribution < 1.29 is 9.53 Å². The summed E-state index contributed by atoms with van der Waals surface area (Å²) >= 11 is 1.52. The van der Waals surface area contributed by atoms with E-state index >= 15 is 0 Å². The number of aromatic nitrogens is 4. The number of carbonyl (C=O) groups excluding carboxylic acids is 1. The summed E-state index contributed by atoms with van der Waals surface area (Å²) in [6.45, 7) is 4.87. The van der Waals surface area contributed by atoms with Gasteiger partial charge in [0, 0.05) is 32.2 Å². The van der Waals surface area contributed by atoms with Crippen LogP contribution < -0.4 is 20.9 Å². The quantitative estimate of drug-likeness (QED) is 0.492. The molecule has 0 unspecified atom stereocenters. The molecule has 34 heavy (non-hydrogen) atoms. The molecule has 0 saturated carbocycles. The topological polar surface area (TPSA) is 114 Å². The maximum absolute atomic E-state index is 12.4. The van der Waals surface area contributed by atoms with Crippen molar-refractivity contribution in [1.82, 2.24) is 29.7 Å². The molecule has 0 bridgehead atoms. The van der Waals surface area contributed by atoms with E-state index in [2.05, 4.69) is 30.5 Å². The molecular weight excluding hydrogens is 454 g/mol. The Morgan fingerprint density at radius 1 is 1.21 bits per heavy atom. The number of nitrogens with one attached hydrogen (secondary N) is 2. The van der Waals surface area contributed by atoms with E-state index in [0.29, 0.717) is 47.6 Å². The molecule has 3 aromatic rings. The lowest BCUT2D eigenvalue weighted by Crippen LogP contribution is -2.31. The van der Waals surface area contributed by atoms with E-state index in [1.165, 1.54) is 18.0 Å². The van der Waals surface area contributed by atoms with Crippen LogP contribution in [0.15, 0.2) is 40.2 Å². The van der Waals surface area contributed by atoms with Crippen molar-refractivity contribution in [1.29, 1.82) is 0 Å². The molecule has 2 aliphatic rings. The summed E-state index contributed by atoms with van der Waals surface area (Å²) < 4.78 is 6.89. The molecule has 0 spiro atoms. The molecule has 0 radical (unpaired) electrons. The van der Waals surface area contributed by atoms with Crippen molar-refractivity contribution in [3.05, 3.63) is 46.5 Å². The first kappa shape index (κ1) is 22.8. The Morgan fingerprint density at radius 3 is 3.00 bits per heavy atom. The number of fused-ring (bicyclic) bond motifs is 2. The molecule has 5 rings (SSSR count). The Bertz CT molecular complexity index is 1270. The van der Waals surface area contributed by atoms with Gasteiger partial charge in [-0.25, -0.2) is 9.97 Å². The van der Waals surface area contributed by atoms with Crippen LogP contribution in [0.4, 0.5) is 5.82 Å². The molecule has 1 atom stereocenters. The second-order valence-electron chi connectivity index (χ2n) is 8.52. The van der Waals surface area contributed by atoms with Crippen molar-refractivity contribution in [3.63, 3.8) is 0 Å². The summed E-state index contributed by atoms with van der Waals surface area (Å²) in [5.74, 6) is 2.12. The van der Waals surface area contributed by atoms with Crippen molar-refractivity contribution >= 4 is 34.7 Å². The fraction of sp³-hybridized carbons (Fsp3) is 0.435. The van der Waals surface area contributed by atoms with Crippen LogP contribution in [0.2, 0.25) is 0 Å². The zero-order chi connectivity index (χ0) is 23.5. The van der Waals surface area contributed by atoms with Gasteiger partial charge in [0.25, 0.3) is 5.56 Å². The molecular formula is C23H27N7O3S. The van der Waals surface area contributed by atoms with Crippen LogP contribution >= 0.6 is 11.8 Å². The molecule has 11 heteroatoms. The van der Waals surface area contributed by atoms with Crippen molar-refractivity contribution in [2.45, 2.75) is 24.4 Å². The zero-order valence-electron chi connectivity index (χ0n) is 19.0. The summed E-state index contributed by atoms with van der Waals surface area (Å²) in [5.41, 5.74) is 2.00. The van der Waals surface area contributed by atoms with Gasteiger partial charge < -0.3 is 20.3 Å². The van der Waals surface area contributed by atoms with Crippen molar-refractivity contribution in [2.24, 2.45) is 5.92 Å². The number of likely N-dealkylation sites (tertiary alicyclic amines) is 1. The number of hydrogen-bond acceptors (Lipinski definition) is 9. The van der Waals surface area contributed by atoms with Gasteiger partial charge in [0.2, 0.25) is 11.8 Å². The largest absolute Gasteiger partial charge is 0.481 e. The lowest BCUT2D eigenvalue weighted by molar-refractivity contribution is -0.113. The Balaban J connectivity index is 1.13. The van der Waals surface area contributed by atoms with Crippen molar-refractivity contribution in [2.75, 3.05) is 44.4 Å². The highest BCUT2D eigenvalue weighted by Gasteiger charge is 2.22. The molecule has 0 aromatic carbocycles. The molecule has 2 aliphatic heterocycles. The Labute approximate surface area is 201 Å². The van der Waals surface area contributed by atoms with Crippen molar-refractivity contribution in [3.8, 4) is 5.88 Å². The van der Waals surface area contributed by atoms with Gasteiger partial charge in [0.1, 0.15) is 11.3 Å². The van der Waals surface area contributed by atoms with Gasteiger partial charge >= 0.3 is 0 Å². The number of nitrogens with zero attached hydrogens (tertiary/aromatic N) is 5. The third kappa shape index (κ3) is 5.06. The van der Waals surface area contributed by atoms with E-state index in [9.17, 15) is 9.59 Å². The second kappa shape index (κ2) is 10.1. The number of hydrogen-bond donors (Lipinski definition) is 2. The van der Waals surface area contributed by atoms with Crippen LogP contribution in [0.25, 0.3) is 11.2 Å². The maximum Gasteiger partial charge on any atom is 0.270 e. The smallest absolute Gasteiger partial charge is 0.270 e. The van der Waals surface area contributed by atoms with E-state index in [0.717, 1.165) is 43.2 Å². The predicted molar refractivity (Wildman–Crippen MR) is 130 cm³/mol. The van der Waals surface area contributed by atoms with E-state index in [4.69, 9.17) is 4.74 Å². The molecule has 0 aliphatic carbocycles. The minimum atomic E-state index is -0.155. The lowest BCUT2D eigenvalue weighted by atomic mass is 10.1. The van der Waals surface area contributed by atoms with Crippen LogP contribution in [-0.2, 0) is 17.9 Å². The number of thioether (sulfide) groups is 1. The fourth-order valence-electron chi connectivity index (χ4n) is 4.38. The van der Waals surface area contributed by atoms with Gasteiger partial charge in [0.05, 0.1) is 29.6 Å². The van der Waals surface area contributed by atoms with Gasteiger partial charge in [-0.05, 0) is 43.6 Å². The molecule has 5 heterocycles. The predicted octanol–water partition coefficient (Wildman–Crippen LogP) is 1.35. The van der Waals surface area contributed by atoms with Crippen LogP contribution in [-0.4, -0.2) is 69.4 Å². The first-order chi connectivity index (χ1) is 16.6. The average molecular weight is 482 g/mol. The van der Waals surface area contributed by atoms with E-state index in [-0.39, 0.29) is 11.5 Å². The molecule has 1 saturated heterocycles. The number of pyridine rings is 2. The van der Waals surface area contributed by atoms with Gasteiger partial charge in [-0.15, -0.1) is 11.8 Å². The first-order valence-corrected chi connectivity index (χ1v) is 12.3. The normalized spacial score (nSPS) is 18.1. The molecule has 1 amide bonds. The third-order valence-electron chi connectivity index (χ3n) is 6.16. The molecule has 2 N–H and O–H groups in total. The highest BCUT2D eigenvalue weighted by Crippen LogP contribution is 2.29. The number of anilines is 1. The van der Waals surface area contributed by atoms with E-state index in [1.54, 1.807) is 17.7 Å². The highest BCUT2D eigenvalue weighted by molar-refractivity contribution is 8.00. The summed E-state index contributed by atoms with van der Waals surface area (Å²) in [7, 11) is 1.56. The Kier molecular flexibility index (Phi) is 6.75. The molecule has 1 fully saturated rings. The lowest BCUT2D eigenvalue weighted by Gasteiger charge is -2.18. The maximum atomic E-state index is 12.4. The van der Waals surface area contributed by atoms with Crippen LogP contribution in [0.3, 0.4) is 0 Å². The first-order valence-electron chi connectivity index (χ1n) is 11.4. The van der Waals surface area contributed by atoms with Gasteiger partial charge in [-0.1, -0.05) is 0 Å². The summed E-state index contributed by atoms with van der Waals surface area (Å²) in [5, 5.41) is 6.35. The monoisotopic (exact) mass is 481 g/mol. The summed E-state index contributed by atoms with van der Waals surface area (Å²) in [6, 6.07) is 7.60. The number of ether oxygens (including phenoxy) is 1. The Hall–Kier alpha value is -3.02. The van der Waals surface area contributed by atoms with E-state index < -0.39 is 0 Å². The van der Waals surface area contributed by atoms with Crippen LogP contribution in [0, 0.1) is 5.92 Å². The number of methoxy groups -OCH3 is 1. The molecule has 10 nitrogen and oxygen atoms in total. The molecule has 3 aromatic heterocycles. The van der Waals surface area contributed by atoms with Gasteiger partial charge in [-0.3, -0.25) is 14.2 Å². The minimum Gasteiger partial charge on any atom is -0.481 e. The number of amides is 1. The molecule has 178 valence electrons. The fourth-order valence-corrected chi connectivity index (χ4v) is 5.14. The van der Waals surface area contributed by atoms with E-state index in [1.807, 2.05) is 18.2 Å². The minimum absolute atomic E-state index is 0.00176. The number of rotatable bonds is 8.